The number of aliphatic hydroxyl groups is 7. The smallest absolute Gasteiger partial charge is 0.229 e. The maximum absolute atomic E-state index is 11.3. The lowest BCUT2D eigenvalue weighted by atomic mass is 9.64. The number of hydrogen-bond acceptors (Lipinski definition) is 12. The predicted molar refractivity (Wildman–Crippen MR) is 130 cm³/mol. The third-order valence-corrected chi connectivity index (χ3v) is 7.47. The van der Waals surface area contributed by atoms with E-state index >= 15 is 0 Å². The van der Waals surface area contributed by atoms with Crippen LogP contribution in [0.25, 0.3) is 0 Å². The van der Waals surface area contributed by atoms with Crippen molar-refractivity contribution < 1.29 is 59.8 Å². The first-order chi connectivity index (χ1) is 18.1. The van der Waals surface area contributed by atoms with Gasteiger partial charge in [0.1, 0.15) is 24.4 Å². The lowest BCUT2D eigenvalue weighted by Crippen LogP contribution is -2.60. The predicted octanol–water partition coefficient (Wildman–Crippen LogP) is -1.39. The summed E-state index contributed by atoms with van der Waals surface area (Å²) in [7, 11) is 2.78. The van der Waals surface area contributed by atoms with Crippen molar-refractivity contribution in [1.82, 2.24) is 0 Å². The van der Waals surface area contributed by atoms with E-state index in [1.807, 2.05) is 0 Å². The number of ether oxygens (including phenoxy) is 4. The van der Waals surface area contributed by atoms with Gasteiger partial charge in [0.15, 0.2) is 23.0 Å². The number of aromatic hydroxyl groups is 1. The third kappa shape index (κ3) is 4.90. The molecule has 1 aliphatic heterocycles. The fourth-order valence-electron chi connectivity index (χ4n) is 5.35. The van der Waals surface area contributed by atoms with Crippen molar-refractivity contribution in [3.8, 4) is 23.0 Å². The Morgan fingerprint density at radius 1 is 0.895 bits per heavy atom. The highest BCUT2D eigenvalue weighted by Gasteiger charge is 2.48. The van der Waals surface area contributed by atoms with E-state index in [0.29, 0.717) is 16.7 Å². The second kappa shape index (κ2) is 11.2. The molecule has 12 nitrogen and oxygen atoms in total. The Kier molecular flexibility index (Phi) is 8.35. The van der Waals surface area contributed by atoms with Crippen LogP contribution in [-0.4, -0.2) is 111 Å². The second-order valence-corrected chi connectivity index (χ2v) is 9.65. The third-order valence-electron chi connectivity index (χ3n) is 7.47. The summed E-state index contributed by atoms with van der Waals surface area (Å²) in [5.74, 6) is -1.13. The molecule has 38 heavy (non-hydrogen) atoms. The van der Waals surface area contributed by atoms with Gasteiger partial charge in [-0.2, -0.15) is 0 Å². The normalized spacial score (nSPS) is 32.9. The first kappa shape index (κ1) is 28.3. The zero-order valence-electron chi connectivity index (χ0n) is 21.0. The van der Waals surface area contributed by atoms with Crippen molar-refractivity contribution in [1.29, 1.82) is 0 Å². The molecule has 210 valence electrons. The number of rotatable bonds is 8. The summed E-state index contributed by atoms with van der Waals surface area (Å²) in [4.78, 5) is 0. The Morgan fingerprint density at radius 2 is 1.61 bits per heavy atom. The molecular formula is C26H34O12. The number of benzene rings is 2. The van der Waals surface area contributed by atoms with E-state index in [1.165, 1.54) is 26.4 Å². The van der Waals surface area contributed by atoms with Gasteiger partial charge in [-0.15, -0.1) is 0 Å². The molecule has 0 saturated carbocycles. The van der Waals surface area contributed by atoms with Gasteiger partial charge in [0.05, 0.1) is 33.0 Å². The number of phenolic OH excluding ortho intramolecular Hbond substituents is 1. The van der Waals surface area contributed by atoms with Crippen LogP contribution in [0.3, 0.4) is 0 Å². The number of fused-ring (bicyclic) bond motifs is 1. The SMILES string of the molecule is COc1cc2c(cc1O)C[C@](O)(CO)[C@H](CO)[C@H]2c1ccc(O[C@H]2O[C@@H](CO)[C@H](O)[C@@H](O)[C@@H]2O)c(OC)c1. The summed E-state index contributed by atoms with van der Waals surface area (Å²) in [5, 5.41) is 81.8. The molecule has 0 amide bonds. The van der Waals surface area contributed by atoms with E-state index in [0.717, 1.165) is 0 Å². The minimum absolute atomic E-state index is 0.00640. The van der Waals surface area contributed by atoms with E-state index < -0.39 is 68.0 Å². The Morgan fingerprint density at radius 3 is 2.21 bits per heavy atom. The summed E-state index contributed by atoms with van der Waals surface area (Å²) in [6, 6.07) is 7.83. The molecule has 2 aliphatic rings. The molecule has 0 bridgehead atoms. The first-order valence-electron chi connectivity index (χ1n) is 12.1. The largest absolute Gasteiger partial charge is 0.504 e. The van der Waals surface area contributed by atoms with Crippen LogP contribution in [0.4, 0.5) is 0 Å². The molecule has 2 aromatic carbocycles. The average molecular weight is 539 g/mol. The molecule has 4 rings (SSSR count). The molecule has 8 N–H and O–H groups in total. The highest BCUT2D eigenvalue weighted by Crippen LogP contribution is 2.49. The standard InChI is InChI=1S/C26H34O12/c1-35-18-7-14-13(5-16(18)30)8-26(34,11-29)15(9-27)21(14)12-3-4-17(19(6-12)36-2)37-25-24(33)23(32)22(31)20(10-28)38-25/h3-7,15,20-25,27-34H,8-11H2,1-2H3/t15-,20+,21+,22+,23-,24+,25+,26+/m1/s1. The van der Waals surface area contributed by atoms with Gasteiger partial charge in [0, 0.05) is 24.9 Å². The molecule has 1 saturated heterocycles. The Balaban J connectivity index is 1.74. The molecule has 1 heterocycles. The summed E-state index contributed by atoms with van der Waals surface area (Å²) in [6.45, 7) is -1.70. The Bertz CT molecular complexity index is 1120. The number of phenols is 1. The van der Waals surface area contributed by atoms with E-state index in [9.17, 15) is 40.9 Å². The molecule has 0 unspecified atom stereocenters. The van der Waals surface area contributed by atoms with Crippen LogP contribution < -0.4 is 14.2 Å². The van der Waals surface area contributed by atoms with Crippen molar-refractivity contribution >= 4 is 0 Å². The van der Waals surface area contributed by atoms with Gasteiger partial charge in [-0.25, -0.2) is 0 Å². The van der Waals surface area contributed by atoms with Crippen LogP contribution in [0.15, 0.2) is 30.3 Å². The van der Waals surface area contributed by atoms with Crippen LogP contribution in [0.2, 0.25) is 0 Å². The van der Waals surface area contributed by atoms with Gasteiger partial charge in [-0.3, -0.25) is 0 Å². The van der Waals surface area contributed by atoms with E-state index in [-0.39, 0.29) is 29.4 Å². The average Bonchev–Trinajstić information content (AvgIpc) is 2.92. The summed E-state index contributed by atoms with van der Waals surface area (Å²) in [6.07, 6.45) is -7.38. The van der Waals surface area contributed by atoms with Crippen LogP contribution in [-0.2, 0) is 11.2 Å². The molecular weight excluding hydrogens is 504 g/mol. The molecule has 8 atom stereocenters. The highest BCUT2D eigenvalue weighted by atomic mass is 16.7. The first-order valence-corrected chi connectivity index (χ1v) is 12.1. The number of aliphatic hydroxyl groups excluding tert-OH is 6. The van der Waals surface area contributed by atoms with Crippen molar-refractivity contribution in [3.63, 3.8) is 0 Å². The van der Waals surface area contributed by atoms with Crippen molar-refractivity contribution in [3.05, 3.63) is 47.0 Å². The fraction of sp³-hybridized carbons (Fsp3) is 0.538. The topological polar surface area (TPSA) is 199 Å². The summed E-state index contributed by atoms with van der Waals surface area (Å²) >= 11 is 0. The molecule has 1 aliphatic carbocycles. The molecule has 1 fully saturated rings. The van der Waals surface area contributed by atoms with Crippen LogP contribution >= 0.6 is 0 Å². The molecule has 0 spiro atoms. The Labute approximate surface area is 218 Å². The minimum Gasteiger partial charge on any atom is -0.504 e. The highest BCUT2D eigenvalue weighted by molar-refractivity contribution is 5.54. The Hall–Kier alpha value is -2.68. The maximum atomic E-state index is 11.3. The van der Waals surface area contributed by atoms with Gasteiger partial charge < -0.3 is 59.8 Å². The maximum Gasteiger partial charge on any atom is 0.229 e. The molecule has 0 aromatic heterocycles. The van der Waals surface area contributed by atoms with E-state index in [4.69, 9.17) is 18.9 Å². The van der Waals surface area contributed by atoms with Crippen molar-refractivity contribution in [2.75, 3.05) is 34.0 Å². The lowest BCUT2D eigenvalue weighted by molar-refractivity contribution is -0.277. The van der Waals surface area contributed by atoms with E-state index in [1.54, 1.807) is 18.2 Å². The zero-order chi connectivity index (χ0) is 27.8. The van der Waals surface area contributed by atoms with Crippen LogP contribution in [0.1, 0.15) is 22.6 Å². The fourth-order valence-corrected chi connectivity index (χ4v) is 5.35. The lowest BCUT2D eigenvalue weighted by Gasteiger charge is -2.44. The van der Waals surface area contributed by atoms with Crippen molar-refractivity contribution in [2.45, 2.75) is 48.6 Å². The quantitative estimate of drug-likeness (QED) is 0.196. The van der Waals surface area contributed by atoms with Gasteiger partial charge in [0.25, 0.3) is 0 Å². The zero-order valence-corrected chi connectivity index (χ0v) is 21.0. The van der Waals surface area contributed by atoms with Crippen LogP contribution in [0, 0.1) is 5.92 Å². The molecule has 0 radical (unpaired) electrons. The summed E-state index contributed by atoms with van der Waals surface area (Å²) in [5.41, 5.74) is 0.117. The monoisotopic (exact) mass is 538 g/mol. The summed E-state index contributed by atoms with van der Waals surface area (Å²) < 4.78 is 21.9. The van der Waals surface area contributed by atoms with Gasteiger partial charge in [-0.05, 0) is 41.0 Å². The molecule has 12 heteroatoms. The number of hydrogen-bond donors (Lipinski definition) is 8. The van der Waals surface area contributed by atoms with Crippen LogP contribution in [0.5, 0.6) is 23.0 Å². The van der Waals surface area contributed by atoms with Gasteiger partial charge in [-0.1, -0.05) is 6.07 Å². The van der Waals surface area contributed by atoms with E-state index in [2.05, 4.69) is 0 Å². The number of methoxy groups -OCH3 is 2. The minimum atomic E-state index is -1.69. The van der Waals surface area contributed by atoms with Gasteiger partial charge >= 0.3 is 0 Å². The molecule has 2 aromatic rings. The second-order valence-electron chi connectivity index (χ2n) is 9.65. The van der Waals surface area contributed by atoms with Gasteiger partial charge in [0.2, 0.25) is 6.29 Å². The van der Waals surface area contributed by atoms with Crippen molar-refractivity contribution in [2.24, 2.45) is 5.92 Å².